The summed E-state index contributed by atoms with van der Waals surface area (Å²) >= 11 is 24.3. The van der Waals surface area contributed by atoms with Crippen molar-refractivity contribution in [2.45, 2.75) is 22.2 Å². The number of benzene rings is 9. The predicted molar refractivity (Wildman–Crippen MR) is 493 cm³/mol. The largest absolute Gasteiger partial charge is 0.495 e. The van der Waals surface area contributed by atoms with Crippen LogP contribution in [-0.2, 0) is 46.8 Å². The van der Waals surface area contributed by atoms with Crippen molar-refractivity contribution in [2.75, 3.05) is 55.1 Å². The molecule has 125 heavy (non-hydrogen) atoms. The van der Waals surface area contributed by atoms with Gasteiger partial charge in [0.2, 0.25) is 5.88 Å². The Morgan fingerprint density at radius 3 is 0.984 bits per heavy atom. The standard InChI is InChI=1S/C28H21ClFN3O3S.C23H20ClN3O3S.C22H17ClFN3O2S.C21H15ClFN3O/c1-36-28-8-6-22(14-25(28)29)33-27-9-10-32-26-7-5-19(12-24(26)27)20-11-18(15-31-16-20)17-37(34,35)23-4-2-3-21(30)13-23;1-30-23-6-4-18(11-20(23)24)27-22-7-8-26-21-5-3-16(10-19(21)22)17-9-15(12-25-13-17)14-31(2,28)29;1-30(28,29)13-14-8-16(12-25-11-14)15-2-5-21-18(9-15)22(6-7-26-21)27-17-3-4-20(24)19(23)10-17;1-27-21-7-3-14(12-25-21)13-2-6-19-16(10-13)20(8-9-24-19)26-15-4-5-18(23)17(22)11-15/h2-16H,17H2,1H3,(H,32,33);3-13H,14H2,1-2H3,(H,26,27);2-12H,13H2,1H3,(H,26,27);2-12H,1H3,(H,24,26). The number of hydrogen-bond donors (Lipinski definition) is 4. The van der Waals surface area contributed by atoms with Gasteiger partial charge in [-0.25, -0.2) is 43.4 Å². The lowest BCUT2D eigenvalue weighted by Gasteiger charge is -2.12. The van der Waals surface area contributed by atoms with Crippen molar-refractivity contribution in [1.82, 2.24) is 39.9 Å². The van der Waals surface area contributed by atoms with Crippen LogP contribution in [0.25, 0.3) is 88.1 Å². The average molecular weight is 1810 g/mol. The van der Waals surface area contributed by atoms with Gasteiger partial charge in [-0.2, -0.15) is 0 Å². The van der Waals surface area contributed by atoms with E-state index in [4.69, 9.17) is 60.6 Å². The van der Waals surface area contributed by atoms with Crippen LogP contribution in [0.15, 0.2) is 298 Å². The van der Waals surface area contributed by atoms with Crippen molar-refractivity contribution in [2.24, 2.45) is 0 Å². The average Bonchev–Trinajstić information content (AvgIpc) is 0.800. The van der Waals surface area contributed by atoms with Crippen molar-refractivity contribution >= 4 is 165 Å². The van der Waals surface area contributed by atoms with E-state index in [-0.39, 0.29) is 32.2 Å². The van der Waals surface area contributed by atoms with Crippen LogP contribution in [0.1, 0.15) is 16.7 Å². The van der Waals surface area contributed by atoms with E-state index in [9.17, 15) is 38.4 Å². The van der Waals surface area contributed by atoms with Gasteiger partial charge in [0.15, 0.2) is 29.5 Å². The number of halogens is 7. The van der Waals surface area contributed by atoms with E-state index in [1.807, 2.05) is 133 Å². The minimum absolute atomic E-state index is 0.0350. The van der Waals surface area contributed by atoms with Crippen molar-refractivity contribution in [3.63, 3.8) is 0 Å². The molecular formula is C94H73Cl4F3N12O9S3. The van der Waals surface area contributed by atoms with Crippen LogP contribution in [0.2, 0.25) is 20.1 Å². The number of fused-ring (bicyclic) bond motifs is 4. The highest BCUT2D eigenvalue weighted by atomic mass is 35.5. The number of sulfone groups is 3. The van der Waals surface area contributed by atoms with Gasteiger partial charge in [0.1, 0.15) is 29.0 Å². The summed E-state index contributed by atoms with van der Waals surface area (Å²) in [6, 6.07) is 65.0. The number of rotatable bonds is 22. The van der Waals surface area contributed by atoms with Gasteiger partial charge in [-0.3, -0.25) is 34.9 Å². The lowest BCUT2D eigenvalue weighted by atomic mass is 10.0. The molecule has 0 aliphatic carbocycles. The van der Waals surface area contributed by atoms with Crippen molar-refractivity contribution in [1.29, 1.82) is 0 Å². The maximum absolute atomic E-state index is 13.6. The first-order valence-corrected chi connectivity index (χ1v) is 45.2. The van der Waals surface area contributed by atoms with Gasteiger partial charge >= 0.3 is 0 Å². The molecule has 4 N–H and O–H groups in total. The summed E-state index contributed by atoms with van der Waals surface area (Å²) in [5.41, 5.74) is 18.3. The fraction of sp³-hybridized carbons (Fsp3) is 0.0851. The number of methoxy groups -OCH3 is 3. The third-order valence-electron chi connectivity index (χ3n) is 19.3. The first-order valence-electron chi connectivity index (χ1n) is 37.9. The van der Waals surface area contributed by atoms with Crippen molar-refractivity contribution in [3.8, 4) is 61.9 Å². The topological polar surface area (TPSA) is 281 Å². The van der Waals surface area contributed by atoms with Crippen LogP contribution in [0.5, 0.6) is 17.4 Å². The number of nitrogens with zero attached hydrogens (tertiary/aromatic N) is 8. The van der Waals surface area contributed by atoms with Crippen molar-refractivity contribution in [3.05, 3.63) is 347 Å². The molecule has 21 nitrogen and oxygen atoms in total. The third-order valence-corrected chi connectivity index (χ3v) is 23.8. The zero-order valence-electron chi connectivity index (χ0n) is 67.0. The van der Waals surface area contributed by atoms with Gasteiger partial charge in [0.25, 0.3) is 0 Å². The van der Waals surface area contributed by atoms with E-state index in [0.29, 0.717) is 55.5 Å². The Morgan fingerprint density at radius 1 is 0.320 bits per heavy atom. The molecule has 8 heterocycles. The summed E-state index contributed by atoms with van der Waals surface area (Å²) in [6.07, 6.45) is 20.8. The highest BCUT2D eigenvalue weighted by molar-refractivity contribution is 7.90. The maximum Gasteiger partial charge on any atom is 0.212 e. The van der Waals surface area contributed by atoms with E-state index in [0.717, 1.165) is 128 Å². The van der Waals surface area contributed by atoms with Crippen LogP contribution in [-0.4, -0.2) is 99.0 Å². The molecule has 0 saturated carbocycles. The molecule has 0 saturated heterocycles. The van der Waals surface area contributed by atoms with Crippen LogP contribution in [0.3, 0.4) is 0 Å². The molecule has 0 unspecified atom stereocenters. The molecule has 0 aliphatic rings. The predicted octanol–water partition coefficient (Wildman–Crippen LogP) is 23.3. The number of pyridine rings is 8. The van der Waals surface area contributed by atoms with Gasteiger partial charge in [-0.1, -0.05) is 76.7 Å². The first-order chi connectivity index (χ1) is 60.1. The molecule has 0 bridgehead atoms. The lowest BCUT2D eigenvalue weighted by molar-refractivity contribution is 0.398. The fourth-order valence-corrected chi connectivity index (χ4v) is 17.2. The second kappa shape index (κ2) is 39.0. The molecule has 0 fully saturated rings. The second-order valence-electron chi connectivity index (χ2n) is 28.5. The Kier molecular flexibility index (Phi) is 27.4. The molecule has 0 atom stereocenters. The molecule has 9 aromatic carbocycles. The number of nitrogens with one attached hydrogen (secondary N) is 4. The number of aromatic nitrogens is 8. The van der Waals surface area contributed by atoms with Crippen LogP contribution < -0.4 is 35.5 Å². The van der Waals surface area contributed by atoms with E-state index >= 15 is 0 Å². The van der Waals surface area contributed by atoms with E-state index in [1.165, 1.54) is 55.1 Å². The zero-order valence-corrected chi connectivity index (χ0v) is 72.4. The van der Waals surface area contributed by atoms with Gasteiger partial charge in [-0.15, -0.1) is 0 Å². The Balaban J connectivity index is 0.000000136. The number of hydrogen-bond acceptors (Lipinski definition) is 21. The minimum Gasteiger partial charge on any atom is -0.495 e. The number of ether oxygens (including phenoxy) is 3. The fourth-order valence-electron chi connectivity index (χ4n) is 13.4. The Bertz CT molecular complexity index is 7290. The first kappa shape index (κ1) is 87.9. The molecule has 17 rings (SSSR count). The Morgan fingerprint density at radius 2 is 0.664 bits per heavy atom. The minimum atomic E-state index is -3.74. The van der Waals surface area contributed by atoms with E-state index in [1.54, 1.807) is 132 Å². The number of anilines is 8. The van der Waals surface area contributed by atoms with E-state index < -0.39 is 47.0 Å². The van der Waals surface area contributed by atoms with Crippen molar-refractivity contribution < 1.29 is 52.6 Å². The summed E-state index contributed by atoms with van der Waals surface area (Å²) in [5, 5.41) is 18.0. The quantitative estimate of drug-likeness (QED) is 0.0490. The smallest absolute Gasteiger partial charge is 0.212 e. The Labute approximate surface area is 738 Å². The summed E-state index contributed by atoms with van der Waals surface area (Å²) in [4.78, 5) is 34.6. The summed E-state index contributed by atoms with van der Waals surface area (Å²) in [6.45, 7) is 0. The highest BCUT2D eigenvalue weighted by Gasteiger charge is 2.20. The van der Waals surface area contributed by atoms with Gasteiger partial charge in [0.05, 0.1) is 85.6 Å². The lowest BCUT2D eigenvalue weighted by Crippen LogP contribution is -2.05. The van der Waals surface area contributed by atoms with Crippen LogP contribution in [0, 0.1) is 17.5 Å². The monoisotopic (exact) mass is 1810 g/mol. The van der Waals surface area contributed by atoms with Crippen LogP contribution in [0.4, 0.5) is 58.7 Å². The summed E-state index contributed by atoms with van der Waals surface area (Å²) in [5.74, 6) is -0.180. The maximum atomic E-state index is 13.6. The third kappa shape index (κ3) is 22.7. The molecule has 0 radical (unpaired) electrons. The zero-order chi connectivity index (χ0) is 88.1. The molecule has 630 valence electrons. The molecule has 31 heteroatoms. The molecule has 8 aromatic heterocycles. The second-order valence-corrected chi connectivity index (χ2v) is 36.4. The SMILES string of the molecule is COc1ccc(-c2ccc3nccc(Nc4ccc(F)c(Cl)c4)c3c2)cn1.COc1ccc(Nc2ccnc3ccc(-c4cncc(CS(=O)(=O)c5cccc(F)c5)c4)cc23)cc1Cl.COc1ccc(Nc2ccnc3ccc(-c4cncc(CS(C)(=O)=O)c4)cc23)cc1Cl.CS(=O)(=O)Cc1cncc(-c2ccc3nccc(Nc4ccc(F)c(Cl)c4)c3c2)c1. The summed E-state index contributed by atoms with van der Waals surface area (Å²) in [7, 11) is -5.31. The molecule has 17 aromatic rings. The molecule has 0 aliphatic heterocycles. The van der Waals surface area contributed by atoms with Gasteiger partial charge in [0, 0.05) is 176 Å². The Hall–Kier alpha value is -13.4. The normalized spacial score (nSPS) is 11.3. The van der Waals surface area contributed by atoms with E-state index in [2.05, 4.69) is 61.1 Å². The molecule has 0 spiro atoms. The van der Waals surface area contributed by atoms with Crippen LogP contribution >= 0.6 is 46.4 Å². The van der Waals surface area contributed by atoms with Gasteiger partial charge in [-0.05, 0) is 227 Å². The highest BCUT2D eigenvalue weighted by Crippen LogP contribution is 2.39. The molecular weight excluding hydrogens is 1740 g/mol. The molecule has 0 amide bonds. The van der Waals surface area contributed by atoms with Gasteiger partial charge < -0.3 is 35.5 Å². The summed E-state index contributed by atoms with van der Waals surface area (Å²) < 4.78 is 128.